The zero-order valence-corrected chi connectivity index (χ0v) is 19.2. The third-order valence-electron chi connectivity index (χ3n) is 3.90. The predicted molar refractivity (Wildman–Crippen MR) is 121 cm³/mol. The van der Waals surface area contributed by atoms with Gasteiger partial charge in [0.15, 0.2) is 17.5 Å². The van der Waals surface area contributed by atoms with E-state index in [1.54, 1.807) is 23.5 Å². The van der Waals surface area contributed by atoms with Crippen molar-refractivity contribution < 1.29 is 18.3 Å². The monoisotopic (exact) mass is 525 g/mol. The van der Waals surface area contributed by atoms with Crippen LogP contribution in [-0.2, 0) is 6.54 Å². The van der Waals surface area contributed by atoms with E-state index in [0.29, 0.717) is 18.4 Å². The molecule has 1 aromatic carbocycles. The molecule has 2 rings (SSSR count). The highest BCUT2D eigenvalue weighted by atomic mass is 127. The Hall–Kier alpha value is -1.62. The van der Waals surface area contributed by atoms with Gasteiger partial charge in [0, 0.05) is 13.1 Å². The molecule has 1 atom stereocenters. The quantitative estimate of drug-likeness (QED) is 0.280. The zero-order valence-electron chi connectivity index (χ0n) is 16.1. The molecule has 0 aliphatic carbocycles. The average molecular weight is 525 g/mol. The van der Waals surface area contributed by atoms with E-state index in [9.17, 15) is 8.78 Å². The molecule has 0 saturated heterocycles. The minimum Gasteiger partial charge on any atom is -0.493 e. The number of methoxy groups -OCH3 is 1. The number of benzene rings is 1. The fourth-order valence-electron chi connectivity index (χ4n) is 2.44. The van der Waals surface area contributed by atoms with Gasteiger partial charge in [-0.3, -0.25) is 0 Å². The number of nitrogens with one attached hydrogen (secondary N) is 2. The number of hydrogen-bond acceptors (Lipinski definition) is 4. The standard InChI is InChI=1S/C19H25F2N3O2S.HI/c1-4-22-19(23-10-13(2)15-7-8-27-12-15)24-11-14-5-6-16(25-3)17(9-14)26-18(20)21;/h5-9,12-13,18H,4,10-11H2,1-3H3,(H2,22,23,24);1H. The summed E-state index contributed by atoms with van der Waals surface area (Å²) in [6.07, 6.45) is 0. The number of thiophene rings is 1. The molecule has 9 heteroatoms. The molecule has 0 radical (unpaired) electrons. The molecule has 2 N–H and O–H groups in total. The summed E-state index contributed by atoms with van der Waals surface area (Å²) < 4.78 is 34.7. The number of aliphatic imine (C=N–C) groups is 1. The molecule has 2 aromatic rings. The minimum absolute atomic E-state index is 0. The second-order valence-corrected chi connectivity index (χ2v) is 6.68. The van der Waals surface area contributed by atoms with Crippen LogP contribution in [0.15, 0.2) is 40.0 Å². The highest BCUT2D eigenvalue weighted by molar-refractivity contribution is 14.0. The van der Waals surface area contributed by atoms with Crippen LogP contribution in [0.3, 0.4) is 0 Å². The number of rotatable bonds is 9. The number of hydrogen-bond donors (Lipinski definition) is 2. The van der Waals surface area contributed by atoms with Gasteiger partial charge >= 0.3 is 6.61 Å². The van der Waals surface area contributed by atoms with Gasteiger partial charge in [0.2, 0.25) is 0 Å². The highest BCUT2D eigenvalue weighted by Gasteiger charge is 2.11. The van der Waals surface area contributed by atoms with Crippen LogP contribution >= 0.6 is 35.3 Å². The van der Waals surface area contributed by atoms with E-state index < -0.39 is 6.61 Å². The summed E-state index contributed by atoms with van der Waals surface area (Å²) in [5.74, 6) is 1.29. The molecule has 0 fully saturated rings. The first-order chi connectivity index (χ1) is 13.0. The van der Waals surface area contributed by atoms with Gasteiger partial charge in [0.05, 0.1) is 13.7 Å². The fourth-order valence-corrected chi connectivity index (χ4v) is 3.22. The van der Waals surface area contributed by atoms with E-state index >= 15 is 0 Å². The molecule has 1 aromatic heterocycles. The van der Waals surface area contributed by atoms with Gasteiger partial charge in [-0.2, -0.15) is 20.1 Å². The smallest absolute Gasteiger partial charge is 0.387 e. The molecule has 0 aliphatic rings. The van der Waals surface area contributed by atoms with E-state index in [0.717, 1.165) is 18.7 Å². The van der Waals surface area contributed by atoms with E-state index in [-0.39, 0.29) is 35.5 Å². The first kappa shape index (κ1) is 24.4. The van der Waals surface area contributed by atoms with Crippen LogP contribution in [0.2, 0.25) is 0 Å². The number of halogens is 3. The molecule has 156 valence electrons. The molecule has 1 unspecified atom stereocenters. The molecule has 0 bridgehead atoms. The lowest BCUT2D eigenvalue weighted by Gasteiger charge is -2.15. The summed E-state index contributed by atoms with van der Waals surface area (Å²) in [6, 6.07) is 7.01. The normalized spacial score (nSPS) is 12.3. The van der Waals surface area contributed by atoms with Gasteiger partial charge in [0.25, 0.3) is 0 Å². The molecule has 1 heterocycles. The Bertz CT molecular complexity index is 730. The number of guanidine groups is 1. The van der Waals surface area contributed by atoms with Gasteiger partial charge in [-0.1, -0.05) is 13.0 Å². The van der Waals surface area contributed by atoms with E-state index in [1.807, 2.05) is 6.92 Å². The summed E-state index contributed by atoms with van der Waals surface area (Å²) in [7, 11) is 1.41. The topological polar surface area (TPSA) is 54.9 Å². The number of ether oxygens (including phenoxy) is 2. The molecule has 28 heavy (non-hydrogen) atoms. The second-order valence-electron chi connectivity index (χ2n) is 5.90. The molecule has 5 nitrogen and oxygen atoms in total. The molecular formula is C19H26F2IN3O2S. The summed E-state index contributed by atoms with van der Waals surface area (Å²) in [4.78, 5) is 4.53. The predicted octanol–water partition coefficient (Wildman–Crippen LogP) is 4.83. The van der Waals surface area contributed by atoms with Crippen LogP contribution in [-0.4, -0.2) is 32.8 Å². The Morgan fingerprint density at radius 3 is 2.61 bits per heavy atom. The molecular weight excluding hydrogens is 499 g/mol. The van der Waals surface area contributed by atoms with Crippen LogP contribution in [0, 0.1) is 0 Å². The first-order valence-corrected chi connectivity index (χ1v) is 9.63. The van der Waals surface area contributed by atoms with Crippen molar-refractivity contribution in [2.45, 2.75) is 32.9 Å². The maximum atomic E-state index is 12.6. The Balaban J connectivity index is 0.00000392. The zero-order chi connectivity index (χ0) is 19.6. The SMILES string of the molecule is CCNC(=NCc1ccc(OC)c(OC(F)F)c1)NCC(C)c1ccsc1.I. The van der Waals surface area contributed by atoms with Gasteiger partial charge in [0.1, 0.15) is 0 Å². The van der Waals surface area contributed by atoms with Crippen molar-refractivity contribution in [1.29, 1.82) is 0 Å². The van der Waals surface area contributed by atoms with Gasteiger partial charge in [-0.15, -0.1) is 24.0 Å². The van der Waals surface area contributed by atoms with Gasteiger partial charge in [-0.05, 0) is 52.9 Å². The van der Waals surface area contributed by atoms with Crippen LogP contribution in [0.25, 0.3) is 0 Å². The average Bonchev–Trinajstić information content (AvgIpc) is 3.18. The molecule has 0 amide bonds. The van der Waals surface area contributed by atoms with E-state index in [4.69, 9.17) is 4.74 Å². The summed E-state index contributed by atoms with van der Waals surface area (Å²) in [6.45, 7) is 3.02. The van der Waals surface area contributed by atoms with Gasteiger partial charge < -0.3 is 20.1 Å². The Labute approximate surface area is 185 Å². The lowest BCUT2D eigenvalue weighted by Crippen LogP contribution is -2.39. The second kappa shape index (κ2) is 12.8. The number of alkyl halides is 2. The lowest BCUT2D eigenvalue weighted by molar-refractivity contribution is -0.0512. The third-order valence-corrected chi connectivity index (χ3v) is 4.60. The van der Waals surface area contributed by atoms with Crippen molar-refractivity contribution in [3.63, 3.8) is 0 Å². The van der Waals surface area contributed by atoms with Crippen LogP contribution in [0.1, 0.15) is 30.9 Å². The van der Waals surface area contributed by atoms with Crippen LogP contribution in [0.4, 0.5) is 8.78 Å². The Kier molecular flexibility index (Phi) is 11.1. The fraction of sp³-hybridized carbons (Fsp3) is 0.421. The summed E-state index contributed by atoms with van der Waals surface area (Å²) in [5, 5.41) is 10.7. The summed E-state index contributed by atoms with van der Waals surface area (Å²) in [5.41, 5.74) is 2.03. The van der Waals surface area contributed by atoms with Crippen molar-refractivity contribution in [2.24, 2.45) is 4.99 Å². The van der Waals surface area contributed by atoms with Crippen molar-refractivity contribution in [1.82, 2.24) is 10.6 Å². The third kappa shape index (κ3) is 7.78. The van der Waals surface area contributed by atoms with E-state index in [2.05, 4.69) is 44.1 Å². The highest BCUT2D eigenvalue weighted by Crippen LogP contribution is 2.29. The van der Waals surface area contributed by atoms with Crippen molar-refractivity contribution in [2.75, 3.05) is 20.2 Å². The molecule has 0 saturated carbocycles. The largest absolute Gasteiger partial charge is 0.493 e. The van der Waals surface area contributed by atoms with Crippen molar-refractivity contribution in [3.8, 4) is 11.5 Å². The maximum absolute atomic E-state index is 12.6. The Morgan fingerprint density at radius 1 is 1.21 bits per heavy atom. The minimum atomic E-state index is -2.91. The molecule has 0 spiro atoms. The van der Waals surface area contributed by atoms with E-state index in [1.165, 1.54) is 18.7 Å². The maximum Gasteiger partial charge on any atom is 0.387 e. The Morgan fingerprint density at radius 2 is 2.00 bits per heavy atom. The lowest BCUT2D eigenvalue weighted by atomic mass is 10.1. The van der Waals surface area contributed by atoms with Crippen LogP contribution < -0.4 is 20.1 Å². The summed E-state index contributed by atoms with van der Waals surface area (Å²) >= 11 is 1.68. The first-order valence-electron chi connectivity index (χ1n) is 8.69. The van der Waals surface area contributed by atoms with Crippen LogP contribution in [0.5, 0.6) is 11.5 Å². The van der Waals surface area contributed by atoms with Gasteiger partial charge in [-0.25, -0.2) is 4.99 Å². The van der Waals surface area contributed by atoms with Crippen molar-refractivity contribution >= 4 is 41.3 Å². The van der Waals surface area contributed by atoms with Crippen molar-refractivity contribution in [3.05, 3.63) is 46.2 Å². The molecule has 0 aliphatic heterocycles. The number of nitrogens with zero attached hydrogens (tertiary/aromatic N) is 1.